The summed E-state index contributed by atoms with van der Waals surface area (Å²) in [4.78, 5) is 18.8. The van der Waals surface area contributed by atoms with Crippen LogP contribution in [0.25, 0.3) is 0 Å². The molecule has 0 fully saturated rings. The van der Waals surface area contributed by atoms with E-state index in [0.717, 1.165) is 5.56 Å². The van der Waals surface area contributed by atoms with Crippen LogP contribution in [-0.4, -0.2) is 30.0 Å². The number of hydrogen-bond donors (Lipinski definition) is 2. The van der Waals surface area contributed by atoms with E-state index in [-0.39, 0.29) is 28.6 Å². The minimum Gasteiger partial charge on any atom is -0.497 e. The van der Waals surface area contributed by atoms with Gasteiger partial charge in [0.25, 0.3) is 5.91 Å². The van der Waals surface area contributed by atoms with Gasteiger partial charge in [-0.2, -0.15) is 0 Å². The van der Waals surface area contributed by atoms with E-state index in [1.807, 2.05) is 6.07 Å². The van der Waals surface area contributed by atoms with Crippen molar-refractivity contribution in [2.45, 2.75) is 19.5 Å². The lowest BCUT2D eigenvalue weighted by Crippen LogP contribution is -2.26. The zero-order valence-corrected chi connectivity index (χ0v) is 18.5. The van der Waals surface area contributed by atoms with E-state index >= 15 is 4.39 Å². The molecule has 3 aromatic rings. The molecule has 1 aliphatic heterocycles. The molecule has 166 valence electrons. The normalized spacial score (nSPS) is 15.0. The Hall–Kier alpha value is -3.52. The van der Waals surface area contributed by atoms with Gasteiger partial charge >= 0.3 is 0 Å². The fraction of sp³-hybridized carbons (Fsp3) is 0.217. The molecule has 1 unspecified atom stereocenters. The number of fused-ring (bicyclic) bond motifs is 1. The number of benzene rings is 2. The number of rotatable bonds is 6. The van der Waals surface area contributed by atoms with E-state index in [2.05, 4.69) is 10.3 Å². The number of amides is 1. The van der Waals surface area contributed by atoms with Crippen molar-refractivity contribution >= 4 is 34.7 Å². The fourth-order valence-electron chi connectivity index (χ4n) is 3.83. The number of nitrogen functional groups attached to an aromatic ring is 1. The molecule has 0 saturated carbocycles. The van der Waals surface area contributed by atoms with E-state index in [1.54, 1.807) is 50.4 Å². The van der Waals surface area contributed by atoms with E-state index in [4.69, 9.17) is 26.8 Å². The predicted molar refractivity (Wildman–Crippen MR) is 121 cm³/mol. The summed E-state index contributed by atoms with van der Waals surface area (Å²) in [6.45, 7) is 1.96. The van der Waals surface area contributed by atoms with E-state index < -0.39 is 17.8 Å². The predicted octanol–water partition coefficient (Wildman–Crippen LogP) is 4.93. The van der Waals surface area contributed by atoms with Crippen LogP contribution in [0.4, 0.5) is 21.6 Å². The number of halogens is 2. The van der Waals surface area contributed by atoms with Gasteiger partial charge in [-0.05, 0) is 37.3 Å². The second kappa shape index (κ2) is 8.55. The van der Waals surface area contributed by atoms with Crippen LogP contribution < -0.4 is 20.5 Å². The minimum atomic E-state index is -0.628. The molecule has 0 radical (unpaired) electrons. The molecule has 3 N–H and O–H groups in total. The first-order chi connectivity index (χ1) is 15.3. The summed E-state index contributed by atoms with van der Waals surface area (Å²) in [6, 6.07) is 11.6. The molecule has 0 spiro atoms. The van der Waals surface area contributed by atoms with Gasteiger partial charge in [-0.3, -0.25) is 4.79 Å². The van der Waals surface area contributed by atoms with Gasteiger partial charge in [-0.15, -0.1) is 0 Å². The number of pyridine rings is 1. The van der Waals surface area contributed by atoms with Crippen LogP contribution in [0.1, 0.15) is 34.5 Å². The molecule has 1 aliphatic rings. The van der Waals surface area contributed by atoms with E-state index in [1.165, 1.54) is 12.0 Å². The maximum atomic E-state index is 15.5. The second-order valence-electron chi connectivity index (χ2n) is 7.39. The lowest BCUT2D eigenvalue weighted by atomic mass is 10.1. The van der Waals surface area contributed by atoms with Gasteiger partial charge < -0.3 is 25.4 Å². The van der Waals surface area contributed by atoms with Crippen molar-refractivity contribution in [1.29, 1.82) is 0 Å². The van der Waals surface area contributed by atoms with Gasteiger partial charge in [0.15, 0.2) is 11.6 Å². The molecule has 1 amide bonds. The Labute approximate surface area is 189 Å². The summed E-state index contributed by atoms with van der Waals surface area (Å²) >= 11 is 6.34. The number of carbonyl (C=O) groups is 1. The molecular weight excluding hydrogens is 435 g/mol. The van der Waals surface area contributed by atoms with Gasteiger partial charge in [0.05, 0.1) is 32.4 Å². The van der Waals surface area contributed by atoms with Crippen LogP contribution in [0.15, 0.2) is 42.5 Å². The lowest BCUT2D eigenvalue weighted by Gasteiger charge is -2.23. The lowest BCUT2D eigenvalue weighted by molar-refractivity contribution is 0.0721. The van der Waals surface area contributed by atoms with Crippen molar-refractivity contribution in [1.82, 2.24) is 9.88 Å². The zero-order chi connectivity index (χ0) is 23.0. The highest BCUT2D eigenvalue weighted by atomic mass is 35.5. The average Bonchev–Trinajstić information content (AvgIpc) is 3.03. The third kappa shape index (κ3) is 3.78. The van der Waals surface area contributed by atoms with Crippen LogP contribution in [0, 0.1) is 5.82 Å². The number of ether oxygens (including phenoxy) is 2. The summed E-state index contributed by atoms with van der Waals surface area (Å²) in [6.07, 6.45) is 0. The maximum Gasteiger partial charge on any atom is 0.258 e. The smallest absolute Gasteiger partial charge is 0.258 e. The standard InChI is InChI=1S/C23H22ClFN4O3/c1-12-18-19(21(24)28-22(20(18)25)27-15-6-4-5-14(26)9-15)23(30)29(12)11-13-7-8-16(31-2)10-17(13)32-3/h4-10,12H,11,26H2,1-3H3,(H,27,28). The van der Waals surface area contributed by atoms with Gasteiger partial charge in [-0.25, -0.2) is 9.37 Å². The summed E-state index contributed by atoms with van der Waals surface area (Å²) in [5, 5.41) is 2.84. The number of nitrogens with zero attached hydrogens (tertiary/aromatic N) is 2. The first kappa shape index (κ1) is 21.7. The zero-order valence-electron chi connectivity index (χ0n) is 17.8. The molecule has 9 heteroatoms. The maximum absolute atomic E-state index is 15.5. The van der Waals surface area contributed by atoms with Crippen molar-refractivity contribution in [3.63, 3.8) is 0 Å². The van der Waals surface area contributed by atoms with E-state index in [9.17, 15) is 4.79 Å². The molecular formula is C23H22ClFN4O3. The Balaban J connectivity index is 1.68. The van der Waals surface area contributed by atoms with Crippen LogP contribution in [-0.2, 0) is 6.54 Å². The number of anilines is 3. The number of methoxy groups -OCH3 is 2. The van der Waals surface area contributed by atoms with Crippen LogP contribution in [0.3, 0.4) is 0 Å². The van der Waals surface area contributed by atoms with Gasteiger partial charge in [0, 0.05) is 28.6 Å². The number of carbonyl (C=O) groups excluding carboxylic acids is 1. The summed E-state index contributed by atoms with van der Waals surface area (Å²) in [5.41, 5.74) is 7.90. The molecule has 0 bridgehead atoms. The third-order valence-electron chi connectivity index (χ3n) is 5.47. The molecule has 2 heterocycles. The summed E-state index contributed by atoms with van der Waals surface area (Å²) < 4.78 is 26.1. The molecule has 2 aromatic carbocycles. The SMILES string of the molecule is COc1ccc(CN2C(=O)c3c(Cl)nc(Nc4cccc(N)c4)c(F)c3C2C)c(OC)c1. The van der Waals surface area contributed by atoms with Gasteiger partial charge in [0.2, 0.25) is 0 Å². The third-order valence-corrected chi connectivity index (χ3v) is 5.75. The highest BCUT2D eigenvalue weighted by molar-refractivity contribution is 6.33. The highest BCUT2D eigenvalue weighted by Gasteiger charge is 2.40. The molecule has 32 heavy (non-hydrogen) atoms. The Kier molecular flexibility index (Phi) is 5.80. The van der Waals surface area contributed by atoms with Crippen molar-refractivity contribution in [3.8, 4) is 11.5 Å². The van der Waals surface area contributed by atoms with Crippen molar-refractivity contribution in [2.24, 2.45) is 0 Å². The van der Waals surface area contributed by atoms with Crippen LogP contribution in [0.2, 0.25) is 5.15 Å². The highest BCUT2D eigenvalue weighted by Crippen LogP contribution is 2.42. The quantitative estimate of drug-likeness (QED) is 0.403. The van der Waals surface area contributed by atoms with Crippen LogP contribution in [0.5, 0.6) is 11.5 Å². The molecule has 0 aliphatic carbocycles. The Bertz CT molecular complexity index is 1200. The fourth-order valence-corrected chi connectivity index (χ4v) is 4.10. The molecule has 1 aromatic heterocycles. The monoisotopic (exact) mass is 456 g/mol. The Morgan fingerprint density at radius 3 is 2.69 bits per heavy atom. The average molecular weight is 457 g/mol. The first-order valence-electron chi connectivity index (χ1n) is 9.87. The van der Waals surface area contributed by atoms with Crippen LogP contribution >= 0.6 is 11.6 Å². The summed E-state index contributed by atoms with van der Waals surface area (Å²) in [7, 11) is 3.10. The topological polar surface area (TPSA) is 89.7 Å². The van der Waals surface area contributed by atoms with Crippen molar-refractivity contribution in [2.75, 3.05) is 25.3 Å². The largest absolute Gasteiger partial charge is 0.497 e. The first-order valence-corrected chi connectivity index (χ1v) is 10.2. The number of nitrogens with one attached hydrogen (secondary N) is 1. The minimum absolute atomic E-state index is 0.0613. The van der Waals surface area contributed by atoms with E-state index in [0.29, 0.717) is 22.9 Å². The van der Waals surface area contributed by atoms with Crippen molar-refractivity contribution in [3.05, 3.63) is 70.1 Å². The Morgan fingerprint density at radius 2 is 2.00 bits per heavy atom. The summed E-state index contributed by atoms with van der Waals surface area (Å²) in [5.74, 6) is 0.108. The Morgan fingerprint density at radius 1 is 1.22 bits per heavy atom. The number of nitrogens with two attached hydrogens (primary N) is 1. The second-order valence-corrected chi connectivity index (χ2v) is 7.75. The van der Waals surface area contributed by atoms with Gasteiger partial charge in [-0.1, -0.05) is 17.7 Å². The molecule has 7 nitrogen and oxygen atoms in total. The molecule has 4 rings (SSSR count). The van der Waals surface area contributed by atoms with Gasteiger partial charge in [0.1, 0.15) is 16.7 Å². The molecule has 1 atom stereocenters. The van der Waals surface area contributed by atoms with Crippen molar-refractivity contribution < 1.29 is 18.7 Å². The molecule has 0 saturated heterocycles. The number of aromatic nitrogens is 1. The number of hydrogen-bond acceptors (Lipinski definition) is 6.